The minimum absolute atomic E-state index is 0.0189. The Labute approximate surface area is 300 Å². The monoisotopic (exact) mass is 741 g/mol. The van der Waals surface area contributed by atoms with E-state index in [9.17, 15) is 43.5 Å². The van der Waals surface area contributed by atoms with Gasteiger partial charge in [-0.3, -0.25) is 38.4 Å². The van der Waals surface area contributed by atoms with Crippen molar-refractivity contribution in [3.63, 3.8) is 0 Å². The van der Waals surface area contributed by atoms with Crippen LogP contribution in [0.1, 0.15) is 45.1 Å². The first kappa shape index (κ1) is 43.5. The van der Waals surface area contributed by atoms with Crippen molar-refractivity contribution >= 4 is 72.5 Å². The Kier molecular flexibility index (Phi) is 18.7. The molecule has 0 aliphatic carbocycles. The van der Waals surface area contributed by atoms with E-state index in [4.69, 9.17) is 22.9 Å². The summed E-state index contributed by atoms with van der Waals surface area (Å²) in [6.45, 7) is 3.39. The highest BCUT2D eigenvalue weighted by Gasteiger charge is 2.35. The second kappa shape index (κ2) is 21.5. The third-order valence-corrected chi connectivity index (χ3v) is 8.29. The van der Waals surface area contributed by atoms with E-state index in [-0.39, 0.29) is 36.5 Å². The predicted molar refractivity (Wildman–Crippen MR) is 188 cm³/mol. The number of benzene rings is 1. The highest BCUT2D eigenvalue weighted by atomic mass is 32.1. The van der Waals surface area contributed by atoms with Gasteiger partial charge in [0.25, 0.3) is 0 Å². The zero-order valence-corrected chi connectivity index (χ0v) is 29.5. The van der Waals surface area contributed by atoms with Crippen molar-refractivity contribution in [3.05, 3.63) is 29.8 Å². The second-order valence-electron chi connectivity index (χ2n) is 11.5. The Bertz CT molecular complexity index is 1380. The normalized spacial score (nSPS) is 15.1. The summed E-state index contributed by atoms with van der Waals surface area (Å²) in [5.74, 6) is -7.86. The van der Waals surface area contributed by atoms with Gasteiger partial charge in [0.05, 0.1) is 12.5 Å². The van der Waals surface area contributed by atoms with Crippen LogP contribution in [0.25, 0.3) is 0 Å². The molecule has 8 amide bonds. The molecule has 1 aromatic rings. The molecule has 0 heterocycles. The lowest BCUT2D eigenvalue weighted by Crippen LogP contribution is -2.61. The summed E-state index contributed by atoms with van der Waals surface area (Å²) >= 11 is 7.96. The number of amides is 8. The number of hydrogen-bond donors (Lipinski definition) is 12. The second-order valence-corrected chi connectivity index (χ2v) is 12.3. The summed E-state index contributed by atoms with van der Waals surface area (Å²) in [5, 5.41) is 21.8. The van der Waals surface area contributed by atoms with E-state index in [1.165, 1.54) is 12.1 Å². The van der Waals surface area contributed by atoms with Crippen LogP contribution >= 0.6 is 25.3 Å². The summed E-state index contributed by atoms with van der Waals surface area (Å²) in [7, 11) is 0. The van der Waals surface area contributed by atoms with Crippen LogP contribution in [0.15, 0.2) is 24.3 Å². The van der Waals surface area contributed by atoms with Crippen molar-refractivity contribution in [2.24, 2.45) is 28.9 Å². The van der Waals surface area contributed by atoms with Crippen molar-refractivity contribution in [2.75, 3.05) is 11.5 Å². The van der Waals surface area contributed by atoms with Crippen LogP contribution in [0, 0.1) is 5.92 Å². The third-order valence-electron chi connectivity index (χ3n) is 7.53. The Morgan fingerprint density at radius 3 is 1.72 bits per heavy atom. The average Bonchev–Trinajstić information content (AvgIpc) is 3.06. The Morgan fingerprint density at radius 1 is 0.700 bits per heavy atom. The number of phenolic OH excluding ortho intramolecular Hbond substituents is 1. The van der Waals surface area contributed by atoms with Gasteiger partial charge >= 0.3 is 0 Å². The Morgan fingerprint density at radius 2 is 1.22 bits per heavy atom. The van der Waals surface area contributed by atoms with Gasteiger partial charge in [-0.05, 0) is 30.0 Å². The molecule has 50 heavy (non-hydrogen) atoms. The summed E-state index contributed by atoms with van der Waals surface area (Å²) in [6, 6.07) is -2.08. The topological polar surface area (TPSA) is 321 Å². The van der Waals surface area contributed by atoms with E-state index < -0.39 is 95.8 Å². The number of carbonyl (C=O) groups excluding carboxylic acids is 8. The quantitative estimate of drug-likeness (QED) is 0.0515. The van der Waals surface area contributed by atoms with Crippen LogP contribution < -0.4 is 49.5 Å². The molecular weight excluding hydrogens is 695 g/mol. The van der Waals surface area contributed by atoms with Gasteiger partial charge in [-0.2, -0.15) is 25.3 Å². The van der Waals surface area contributed by atoms with Crippen LogP contribution in [0.5, 0.6) is 5.75 Å². The maximum atomic E-state index is 13.7. The fraction of sp³-hybridized carbons (Fsp3) is 0.533. The largest absolute Gasteiger partial charge is 0.508 e. The van der Waals surface area contributed by atoms with Gasteiger partial charge in [-0.15, -0.1) is 0 Å². The number of hydrogen-bond acceptors (Lipinski definition) is 12. The van der Waals surface area contributed by atoms with Crippen LogP contribution in [0.3, 0.4) is 0 Å². The minimum atomic E-state index is -1.62. The van der Waals surface area contributed by atoms with Gasteiger partial charge in [0.2, 0.25) is 47.3 Å². The van der Waals surface area contributed by atoms with E-state index in [1.54, 1.807) is 26.0 Å². The van der Waals surface area contributed by atoms with Crippen LogP contribution in [0.4, 0.5) is 0 Å². The number of nitrogens with one attached hydrogen (secondary N) is 5. The molecule has 0 aromatic heterocycles. The average molecular weight is 742 g/mol. The van der Waals surface area contributed by atoms with Crippen molar-refractivity contribution < 1.29 is 43.5 Å². The molecule has 1 aromatic carbocycles. The van der Waals surface area contributed by atoms with Crippen molar-refractivity contribution in [1.82, 2.24) is 26.6 Å². The van der Waals surface area contributed by atoms with E-state index >= 15 is 0 Å². The van der Waals surface area contributed by atoms with Crippen LogP contribution in [-0.2, 0) is 44.8 Å². The number of carbonyl (C=O) groups is 8. The molecule has 0 saturated heterocycles. The molecular formula is C30H47N9O9S2. The smallest absolute Gasteiger partial charge is 0.243 e. The number of aromatic hydroxyl groups is 1. The number of nitrogens with two attached hydrogens (primary N) is 4. The molecule has 14 N–H and O–H groups in total. The van der Waals surface area contributed by atoms with E-state index in [1.807, 2.05) is 0 Å². The summed E-state index contributed by atoms with van der Waals surface area (Å²) < 4.78 is 0. The van der Waals surface area contributed by atoms with Crippen molar-refractivity contribution in [1.29, 1.82) is 0 Å². The first-order valence-electron chi connectivity index (χ1n) is 15.6. The molecule has 0 aliphatic rings. The third kappa shape index (κ3) is 14.9. The zero-order chi connectivity index (χ0) is 38.1. The molecule has 1 rings (SSSR count). The molecule has 7 atom stereocenters. The molecule has 0 radical (unpaired) electrons. The number of phenols is 1. The highest BCUT2D eigenvalue weighted by Crippen LogP contribution is 2.14. The van der Waals surface area contributed by atoms with Gasteiger partial charge < -0.3 is 54.6 Å². The summed E-state index contributed by atoms with van der Waals surface area (Å²) in [5.41, 5.74) is 22.1. The van der Waals surface area contributed by atoms with E-state index in [2.05, 4.69) is 51.8 Å². The number of rotatable bonds is 22. The van der Waals surface area contributed by atoms with Gasteiger partial charge in [-0.1, -0.05) is 32.4 Å². The van der Waals surface area contributed by atoms with Crippen molar-refractivity contribution in [2.45, 2.75) is 82.2 Å². The number of thiol groups is 2. The maximum Gasteiger partial charge on any atom is 0.243 e. The molecule has 278 valence electrons. The zero-order valence-electron chi connectivity index (χ0n) is 27.7. The van der Waals surface area contributed by atoms with Gasteiger partial charge in [-0.25, -0.2) is 0 Å². The van der Waals surface area contributed by atoms with Gasteiger partial charge in [0.1, 0.15) is 36.0 Å². The molecule has 0 spiro atoms. The predicted octanol–water partition coefficient (Wildman–Crippen LogP) is -3.78. The molecule has 20 heteroatoms. The molecule has 0 aliphatic heterocycles. The summed E-state index contributed by atoms with van der Waals surface area (Å²) in [4.78, 5) is 101. The Balaban J connectivity index is 3.35. The fourth-order valence-electron chi connectivity index (χ4n) is 4.37. The lowest BCUT2D eigenvalue weighted by molar-refractivity contribution is -0.136. The highest BCUT2D eigenvalue weighted by molar-refractivity contribution is 7.80. The molecule has 0 unspecified atom stereocenters. The van der Waals surface area contributed by atoms with E-state index in [0.29, 0.717) is 12.0 Å². The van der Waals surface area contributed by atoms with Crippen LogP contribution in [0.2, 0.25) is 0 Å². The first-order chi connectivity index (χ1) is 23.4. The SMILES string of the molecule is CC[C@H](C)[C@H](NC(=O)[C@H](Cc1ccc(O)cc1)NC(=O)[C@@H](N)CS)C(=O)N[C@@H](CCC(N)=O)C(=O)N[C@@H](CC(N)=O)C(=O)N[C@@H](CS)C(N)=O. The standard InChI is InChI=1S/C30H47N9O9S2/c1-3-14(2)24(39-29(47)19(36-26(44)17(31)12-49)10-15-4-6-16(40)7-5-15)30(48)35-18(8-9-22(32)41)27(45)37-20(11-23(33)42)28(46)38-21(13-50)25(34)43/h4-7,14,17-21,24,40,49-50H,3,8-13,31H2,1-2H3,(H2,32,41)(H2,33,42)(H2,34,43)(H,35,48)(H,36,44)(H,37,45)(H,38,46)(H,39,47)/t14-,17-,18-,19-,20-,21-,24-/m0/s1. The van der Waals surface area contributed by atoms with Crippen LogP contribution in [-0.4, -0.2) is 100 Å². The first-order valence-corrected chi connectivity index (χ1v) is 16.8. The fourth-order valence-corrected chi connectivity index (χ4v) is 4.81. The Hall–Kier alpha value is -4.56. The lowest BCUT2D eigenvalue weighted by Gasteiger charge is -2.29. The van der Waals surface area contributed by atoms with Crippen molar-refractivity contribution in [3.8, 4) is 5.75 Å². The summed E-state index contributed by atoms with van der Waals surface area (Å²) in [6.07, 6.45) is -1.13. The molecule has 0 saturated carbocycles. The van der Waals surface area contributed by atoms with Gasteiger partial charge in [0.15, 0.2) is 0 Å². The van der Waals surface area contributed by atoms with Gasteiger partial charge in [0, 0.05) is 24.3 Å². The maximum absolute atomic E-state index is 13.7. The molecule has 0 fully saturated rings. The minimum Gasteiger partial charge on any atom is -0.508 e. The molecule has 18 nitrogen and oxygen atoms in total. The number of primary amides is 3. The molecule has 0 bridgehead atoms. The van der Waals surface area contributed by atoms with E-state index in [0.717, 1.165) is 0 Å². The lowest BCUT2D eigenvalue weighted by atomic mass is 9.96.